The van der Waals surface area contributed by atoms with E-state index in [2.05, 4.69) is 34.4 Å². The normalized spacial score (nSPS) is 15.8. The predicted octanol–water partition coefficient (Wildman–Crippen LogP) is 4.42. The van der Waals surface area contributed by atoms with Gasteiger partial charge in [-0.25, -0.2) is 0 Å². The molecule has 178 valence electrons. The molecule has 2 heterocycles. The quantitative estimate of drug-likeness (QED) is 0.473. The first kappa shape index (κ1) is 24.3. The maximum Gasteiger partial charge on any atom is 0.231 e. The molecule has 0 spiro atoms. The Kier molecular flexibility index (Phi) is 7.92. The first-order valence-corrected chi connectivity index (χ1v) is 12.6. The standard InChI is InChI=1S/C25H28ClN5O2S/c1-3-30(2)15-18-6-11-21(12-7-18)31-16-19(14-23(31)32)24(33)27-25-29-28-22(34-25)13-8-17-4-9-20(26)10-5-17/h4-7,9-12,19H,3,8,13-16H2,1-2H3,(H,27,29,33). The molecule has 0 bridgehead atoms. The molecule has 1 unspecified atom stereocenters. The molecule has 34 heavy (non-hydrogen) atoms. The molecule has 1 aliphatic rings. The van der Waals surface area contributed by atoms with Gasteiger partial charge in [0.1, 0.15) is 5.01 Å². The van der Waals surface area contributed by atoms with Gasteiger partial charge in [0.2, 0.25) is 16.9 Å². The summed E-state index contributed by atoms with van der Waals surface area (Å²) in [5, 5.41) is 13.2. The second-order valence-electron chi connectivity index (χ2n) is 8.52. The van der Waals surface area contributed by atoms with Crippen molar-refractivity contribution in [1.29, 1.82) is 0 Å². The van der Waals surface area contributed by atoms with Crippen molar-refractivity contribution in [1.82, 2.24) is 15.1 Å². The fourth-order valence-electron chi connectivity index (χ4n) is 3.85. The van der Waals surface area contributed by atoms with Crippen LogP contribution < -0.4 is 10.2 Å². The lowest BCUT2D eigenvalue weighted by atomic mass is 10.1. The molecular weight excluding hydrogens is 470 g/mol. The van der Waals surface area contributed by atoms with E-state index in [-0.39, 0.29) is 18.2 Å². The fraction of sp³-hybridized carbons (Fsp3) is 0.360. The highest BCUT2D eigenvalue weighted by Crippen LogP contribution is 2.27. The third-order valence-electron chi connectivity index (χ3n) is 5.97. The van der Waals surface area contributed by atoms with E-state index in [4.69, 9.17) is 11.6 Å². The van der Waals surface area contributed by atoms with Crippen molar-refractivity contribution in [3.63, 3.8) is 0 Å². The summed E-state index contributed by atoms with van der Waals surface area (Å²) < 4.78 is 0. The number of nitrogens with one attached hydrogen (secondary N) is 1. The summed E-state index contributed by atoms with van der Waals surface area (Å²) >= 11 is 7.29. The Labute approximate surface area is 208 Å². The molecule has 0 radical (unpaired) electrons. The lowest BCUT2D eigenvalue weighted by molar-refractivity contribution is -0.122. The first-order valence-electron chi connectivity index (χ1n) is 11.4. The minimum atomic E-state index is -0.417. The summed E-state index contributed by atoms with van der Waals surface area (Å²) in [4.78, 5) is 29.3. The largest absolute Gasteiger partial charge is 0.312 e. The van der Waals surface area contributed by atoms with E-state index in [0.717, 1.165) is 36.6 Å². The smallest absolute Gasteiger partial charge is 0.231 e. The van der Waals surface area contributed by atoms with Crippen LogP contribution in [0.4, 0.5) is 10.8 Å². The van der Waals surface area contributed by atoms with Gasteiger partial charge < -0.3 is 15.1 Å². The molecule has 1 aromatic heterocycles. The van der Waals surface area contributed by atoms with Gasteiger partial charge in [0.05, 0.1) is 5.92 Å². The first-order chi connectivity index (χ1) is 16.4. The molecular formula is C25H28ClN5O2S. The zero-order valence-corrected chi connectivity index (χ0v) is 20.9. The number of nitrogens with zero attached hydrogens (tertiary/aromatic N) is 4. The van der Waals surface area contributed by atoms with E-state index in [0.29, 0.717) is 16.7 Å². The van der Waals surface area contributed by atoms with Crippen LogP contribution in [0.1, 0.15) is 29.5 Å². The van der Waals surface area contributed by atoms with Crippen molar-refractivity contribution in [3.05, 3.63) is 69.7 Å². The number of carbonyl (C=O) groups excluding carboxylic acids is 2. The highest BCUT2D eigenvalue weighted by atomic mass is 35.5. The van der Waals surface area contributed by atoms with Crippen molar-refractivity contribution in [2.75, 3.05) is 30.4 Å². The van der Waals surface area contributed by atoms with Crippen LogP contribution in [0.15, 0.2) is 48.5 Å². The SMILES string of the molecule is CCN(C)Cc1ccc(N2CC(C(=O)Nc3nnc(CCc4ccc(Cl)cc4)s3)CC2=O)cc1. The van der Waals surface area contributed by atoms with Gasteiger partial charge in [0.25, 0.3) is 0 Å². The van der Waals surface area contributed by atoms with Crippen LogP contribution in [0.2, 0.25) is 5.02 Å². The van der Waals surface area contributed by atoms with Gasteiger partial charge in [0, 0.05) is 36.6 Å². The number of aryl methyl sites for hydroxylation is 2. The van der Waals surface area contributed by atoms with Gasteiger partial charge in [-0.05, 0) is 55.4 Å². The molecule has 9 heteroatoms. The Morgan fingerprint density at radius 3 is 2.53 bits per heavy atom. The van der Waals surface area contributed by atoms with Crippen molar-refractivity contribution >= 4 is 45.6 Å². The van der Waals surface area contributed by atoms with Crippen LogP contribution in [-0.4, -0.2) is 47.0 Å². The minimum absolute atomic E-state index is 0.0421. The number of benzene rings is 2. The molecule has 1 aliphatic heterocycles. The number of anilines is 2. The topological polar surface area (TPSA) is 78.4 Å². The number of aromatic nitrogens is 2. The third-order valence-corrected chi connectivity index (χ3v) is 7.12. The van der Waals surface area contributed by atoms with Gasteiger partial charge in [-0.1, -0.05) is 54.1 Å². The molecule has 1 saturated heterocycles. The zero-order valence-electron chi connectivity index (χ0n) is 19.3. The third kappa shape index (κ3) is 6.20. The van der Waals surface area contributed by atoms with Crippen molar-refractivity contribution in [2.45, 2.75) is 32.7 Å². The van der Waals surface area contributed by atoms with Crippen LogP contribution in [0.25, 0.3) is 0 Å². The van der Waals surface area contributed by atoms with Crippen LogP contribution >= 0.6 is 22.9 Å². The molecule has 1 N–H and O–H groups in total. The van der Waals surface area contributed by atoms with E-state index < -0.39 is 5.92 Å². The van der Waals surface area contributed by atoms with Crippen molar-refractivity contribution in [3.8, 4) is 0 Å². The summed E-state index contributed by atoms with van der Waals surface area (Å²) in [5.74, 6) is -0.656. The lowest BCUT2D eigenvalue weighted by Gasteiger charge is -2.18. The van der Waals surface area contributed by atoms with Crippen LogP contribution in [-0.2, 0) is 29.0 Å². The summed E-state index contributed by atoms with van der Waals surface area (Å²) in [6, 6.07) is 15.7. The number of hydrogen-bond donors (Lipinski definition) is 1. The van der Waals surface area contributed by atoms with Crippen LogP contribution in [0, 0.1) is 5.92 Å². The molecule has 2 amide bonds. The Morgan fingerprint density at radius 2 is 1.82 bits per heavy atom. The number of carbonyl (C=O) groups is 2. The maximum atomic E-state index is 12.8. The van der Waals surface area contributed by atoms with E-state index in [1.807, 2.05) is 48.5 Å². The molecule has 1 fully saturated rings. The zero-order chi connectivity index (χ0) is 24.1. The maximum absolute atomic E-state index is 12.8. The van der Waals surface area contributed by atoms with Crippen molar-refractivity contribution < 1.29 is 9.59 Å². The molecule has 4 rings (SSSR count). The average molecular weight is 498 g/mol. The summed E-state index contributed by atoms with van der Waals surface area (Å²) in [5.41, 5.74) is 3.18. The van der Waals surface area contributed by atoms with Crippen LogP contribution in [0.3, 0.4) is 0 Å². The minimum Gasteiger partial charge on any atom is -0.312 e. The second-order valence-corrected chi connectivity index (χ2v) is 10.0. The van der Waals surface area contributed by atoms with E-state index >= 15 is 0 Å². The molecule has 3 aromatic rings. The number of hydrogen-bond acceptors (Lipinski definition) is 6. The number of halogens is 1. The Hall–Kier alpha value is -2.81. The van der Waals surface area contributed by atoms with Gasteiger partial charge >= 0.3 is 0 Å². The number of amides is 2. The Bertz CT molecular complexity index is 1130. The summed E-state index contributed by atoms with van der Waals surface area (Å²) in [7, 11) is 2.07. The molecule has 0 saturated carbocycles. The van der Waals surface area contributed by atoms with Crippen molar-refractivity contribution in [2.24, 2.45) is 5.92 Å². The Balaban J connectivity index is 1.30. The van der Waals surface area contributed by atoms with Gasteiger partial charge in [0.15, 0.2) is 0 Å². The van der Waals surface area contributed by atoms with Gasteiger partial charge in [-0.15, -0.1) is 10.2 Å². The average Bonchev–Trinajstić information content (AvgIpc) is 3.45. The summed E-state index contributed by atoms with van der Waals surface area (Å²) in [6.07, 6.45) is 1.74. The second kappa shape index (κ2) is 11.1. The summed E-state index contributed by atoms with van der Waals surface area (Å²) in [6.45, 7) is 4.31. The predicted molar refractivity (Wildman–Crippen MR) is 136 cm³/mol. The number of rotatable bonds is 9. The highest BCUT2D eigenvalue weighted by molar-refractivity contribution is 7.15. The monoisotopic (exact) mass is 497 g/mol. The van der Waals surface area contributed by atoms with Crippen LogP contribution in [0.5, 0.6) is 0 Å². The fourth-order valence-corrected chi connectivity index (χ4v) is 4.72. The molecule has 1 atom stereocenters. The van der Waals surface area contributed by atoms with E-state index in [9.17, 15) is 9.59 Å². The molecule has 7 nitrogen and oxygen atoms in total. The lowest BCUT2D eigenvalue weighted by Crippen LogP contribution is -2.28. The van der Waals surface area contributed by atoms with Gasteiger partial charge in [-0.3, -0.25) is 9.59 Å². The van der Waals surface area contributed by atoms with Gasteiger partial charge in [-0.2, -0.15) is 0 Å². The van der Waals surface area contributed by atoms with E-state index in [1.54, 1.807) is 4.90 Å². The van der Waals surface area contributed by atoms with E-state index in [1.165, 1.54) is 22.5 Å². The highest BCUT2D eigenvalue weighted by Gasteiger charge is 2.35. The molecule has 2 aromatic carbocycles. The Morgan fingerprint density at radius 1 is 1.12 bits per heavy atom. The molecule has 0 aliphatic carbocycles.